The highest BCUT2D eigenvalue weighted by Gasteiger charge is 2.38. The number of carboxylic acid groups (broad SMARTS) is 1. The first-order chi connectivity index (χ1) is 9.16. The van der Waals surface area contributed by atoms with Gasteiger partial charge < -0.3 is 15.2 Å². The Morgan fingerprint density at radius 2 is 2.26 bits per heavy atom. The number of hydrogen-bond acceptors (Lipinski definition) is 3. The van der Waals surface area contributed by atoms with Crippen LogP contribution < -0.4 is 10.1 Å². The number of ether oxygens (including phenoxy) is 1. The van der Waals surface area contributed by atoms with E-state index in [0.29, 0.717) is 19.6 Å². The molecule has 5 heteroatoms. The van der Waals surface area contributed by atoms with Gasteiger partial charge in [0.1, 0.15) is 11.7 Å². The van der Waals surface area contributed by atoms with E-state index in [2.05, 4.69) is 5.32 Å². The standard InChI is InChI=1S/C14H15NO4/c16-13-12(14(17)18)10(3-5-15-13)9-2-1-8-4-6-19-11(8)7-9/h1-2,7,10,12H,3-6H2,(H,15,16)(H,17,18). The number of carbonyl (C=O) groups excluding carboxylic acids is 1. The molecule has 2 aliphatic heterocycles. The van der Waals surface area contributed by atoms with E-state index in [-0.39, 0.29) is 5.92 Å². The van der Waals surface area contributed by atoms with E-state index in [1.807, 2.05) is 18.2 Å². The predicted molar refractivity (Wildman–Crippen MR) is 67.1 cm³/mol. The number of carboxylic acids is 1. The number of rotatable bonds is 2. The third-order valence-electron chi connectivity index (χ3n) is 3.85. The summed E-state index contributed by atoms with van der Waals surface area (Å²) in [4.78, 5) is 23.0. The normalized spacial score (nSPS) is 25.4. The van der Waals surface area contributed by atoms with Crippen molar-refractivity contribution in [3.05, 3.63) is 29.3 Å². The maximum absolute atomic E-state index is 11.7. The Morgan fingerprint density at radius 1 is 1.42 bits per heavy atom. The van der Waals surface area contributed by atoms with Crippen LogP contribution in [0.3, 0.4) is 0 Å². The molecule has 0 radical (unpaired) electrons. The monoisotopic (exact) mass is 261 g/mol. The number of amides is 1. The van der Waals surface area contributed by atoms with Crippen LogP contribution in [0, 0.1) is 5.92 Å². The molecule has 100 valence electrons. The molecule has 1 amide bonds. The van der Waals surface area contributed by atoms with Crippen LogP contribution in [0.1, 0.15) is 23.5 Å². The second kappa shape index (κ2) is 4.57. The van der Waals surface area contributed by atoms with E-state index < -0.39 is 17.8 Å². The van der Waals surface area contributed by atoms with Crippen LogP contribution in [0.25, 0.3) is 0 Å². The van der Waals surface area contributed by atoms with Crippen molar-refractivity contribution in [2.75, 3.05) is 13.2 Å². The topological polar surface area (TPSA) is 75.6 Å². The van der Waals surface area contributed by atoms with Gasteiger partial charge in [-0.05, 0) is 23.6 Å². The summed E-state index contributed by atoms with van der Waals surface area (Å²) in [6, 6.07) is 5.79. The van der Waals surface area contributed by atoms with Crippen molar-refractivity contribution in [2.45, 2.75) is 18.8 Å². The van der Waals surface area contributed by atoms with Gasteiger partial charge in [-0.1, -0.05) is 12.1 Å². The number of piperidine rings is 1. The molecule has 2 N–H and O–H groups in total. The Kier molecular flexibility index (Phi) is 2.89. The molecule has 1 aromatic rings. The summed E-state index contributed by atoms with van der Waals surface area (Å²) in [5.74, 6) is -1.92. The molecule has 0 aromatic heterocycles. The van der Waals surface area contributed by atoms with Crippen LogP contribution in [0.2, 0.25) is 0 Å². The number of nitrogens with one attached hydrogen (secondary N) is 1. The van der Waals surface area contributed by atoms with Gasteiger partial charge in [-0.2, -0.15) is 0 Å². The minimum Gasteiger partial charge on any atom is -0.493 e. The first-order valence-electron chi connectivity index (χ1n) is 6.43. The van der Waals surface area contributed by atoms with Gasteiger partial charge in [-0.3, -0.25) is 9.59 Å². The lowest BCUT2D eigenvalue weighted by atomic mass is 9.80. The predicted octanol–water partition coefficient (Wildman–Crippen LogP) is 0.926. The van der Waals surface area contributed by atoms with Gasteiger partial charge in [0.15, 0.2) is 0 Å². The summed E-state index contributed by atoms with van der Waals surface area (Å²) in [7, 11) is 0. The number of fused-ring (bicyclic) bond motifs is 1. The molecule has 2 heterocycles. The average Bonchev–Trinajstić information content (AvgIpc) is 2.85. The Bertz CT molecular complexity index is 540. The van der Waals surface area contributed by atoms with Gasteiger partial charge >= 0.3 is 5.97 Å². The van der Waals surface area contributed by atoms with Gasteiger partial charge in [0.05, 0.1) is 6.61 Å². The first-order valence-corrected chi connectivity index (χ1v) is 6.43. The Balaban J connectivity index is 1.95. The molecule has 3 rings (SSSR count). The molecule has 0 spiro atoms. The average molecular weight is 261 g/mol. The molecule has 2 unspecified atom stereocenters. The van der Waals surface area contributed by atoms with Crippen LogP contribution in [0.5, 0.6) is 5.75 Å². The van der Waals surface area contributed by atoms with Gasteiger partial charge in [-0.15, -0.1) is 0 Å². The van der Waals surface area contributed by atoms with E-state index in [1.54, 1.807) is 0 Å². The van der Waals surface area contributed by atoms with Crippen molar-refractivity contribution in [3.8, 4) is 5.75 Å². The fourth-order valence-electron chi connectivity index (χ4n) is 2.87. The van der Waals surface area contributed by atoms with Gasteiger partial charge in [0.2, 0.25) is 5.91 Å². The number of hydrogen-bond donors (Lipinski definition) is 2. The maximum Gasteiger partial charge on any atom is 0.316 e. The van der Waals surface area contributed by atoms with Crippen LogP contribution >= 0.6 is 0 Å². The van der Waals surface area contributed by atoms with Crippen molar-refractivity contribution < 1.29 is 19.4 Å². The maximum atomic E-state index is 11.7. The number of benzene rings is 1. The van der Waals surface area contributed by atoms with Crippen LogP contribution in [-0.2, 0) is 16.0 Å². The molecule has 5 nitrogen and oxygen atoms in total. The van der Waals surface area contributed by atoms with E-state index >= 15 is 0 Å². The SMILES string of the molecule is O=C(O)C1C(=O)NCCC1c1ccc2c(c1)OCC2. The largest absolute Gasteiger partial charge is 0.493 e. The molecule has 1 fully saturated rings. The van der Waals surface area contributed by atoms with E-state index in [4.69, 9.17) is 4.74 Å². The zero-order chi connectivity index (χ0) is 13.4. The molecule has 1 aromatic carbocycles. The smallest absolute Gasteiger partial charge is 0.316 e. The van der Waals surface area contributed by atoms with Crippen LogP contribution in [0.15, 0.2) is 18.2 Å². The molecule has 19 heavy (non-hydrogen) atoms. The lowest BCUT2D eigenvalue weighted by molar-refractivity contribution is -0.149. The second-order valence-electron chi connectivity index (χ2n) is 4.97. The minimum absolute atomic E-state index is 0.277. The Hall–Kier alpha value is -2.04. The van der Waals surface area contributed by atoms with Crippen molar-refractivity contribution >= 4 is 11.9 Å². The van der Waals surface area contributed by atoms with Crippen LogP contribution in [0.4, 0.5) is 0 Å². The van der Waals surface area contributed by atoms with Gasteiger partial charge in [0.25, 0.3) is 0 Å². The zero-order valence-corrected chi connectivity index (χ0v) is 10.4. The quantitative estimate of drug-likeness (QED) is 0.776. The van der Waals surface area contributed by atoms with E-state index in [9.17, 15) is 14.7 Å². The third kappa shape index (κ3) is 2.05. The fourth-order valence-corrected chi connectivity index (χ4v) is 2.87. The summed E-state index contributed by atoms with van der Waals surface area (Å²) < 4.78 is 5.50. The Morgan fingerprint density at radius 3 is 3.05 bits per heavy atom. The molecule has 0 bridgehead atoms. The third-order valence-corrected chi connectivity index (χ3v) is 3.85. The molecule has 0 aliphatic carbocycles. The minimum atomic E-state index is -1.07. The van der Waals surface area contributed by atoms with E-state index in [1.165, 1.54) is 0 Å². The second-order valence-corrected chi connectivity index (χ2v) is 4.97. The highest BCUT2D eigenvalue weighted by Crippen LogP contribution is 2.35. The summed E-state index contributed by atoms with van der Waals surface area (Å²) in [5, 5.41) is 11.9. The highest BCUT2D eigenvalue weighted by molar-refractivity contribution is 5.98. The Labute approximate surface area is 110 Å². The van der Waals surface area contributed by atoms with Crippen molar-refractivity contribution in [2.24, 2.45) is 5.92 Å². The van der Waals surface area contributed by atoms with Gasteiger partial charge in [-0.25, -0.2) is 0 Å². The lowest BCUT2D eigenvalue weighted by Crippen LogP contribution is -2.44. The lowest BCUT2D eigenvalue weighted by Gasteiger charge is -2.28. The molecule has 2 atom stereocenters. The summed E-state index contributed by atoms with van der Waals surface area (Å²) >= 11 is 0. The molecular formula is C14H15NO4. The first kappa shape index (κ1) is 12.0. The summed E-state index contributed by atoms with van der Waals surface area (Å²) in [5.41, 5.74) is 2.03. The summed E-state index contributed by atoms with van der Waals surface area (Å²) in [6.45, 7) is 1.19. The molecule has 1 saturated heterocycles. The highest BCUT2D eigenvalue weighted by atomic mass is 16.5. The molecular weight excluding hydrogens is 246 g/mol. The summed E-state index contributed by atoms with van der Waals surface area (Å²) in [6.07, 6.45) is 1.53. The fraction of sp³-hybridized carbons (Fsp3) is 0.429. The van der Waals surface area contributed by atoms with E-state index in [0.717, 1.165) is 23.3 Å². The van der Waals surface area contributed by atoms with Crippen LogP contribution in [-0.4, -0.2) is 30.1 Å². The van der Waals surface area contributed by atoms with Gasteiger partial charge in [0, 0.05) is 18.9 Å². The van der Waals surface area contributed by atoms with Crippen molar-refractivity contribution in [3.63, 3.8) is 0 Å². The zero-order valence-electron chi connectivity index (χ0n) is 10.4. The van der Waals surface area contributed by atoms with Crippen molar-refractivity contribution in [1.29, 1.82) is 0 Å². The number of carbonyl (C=O) groups is 2. The molecule has 0 saturated carbocycles. The number of aliphatic carboxylic acids is 1. The van der Waals surface area contributed by atoms with Crippen molar-refractivity contribution in [1.82, 2.24) is 5.32 Å². The molecule has 2 aliphatic rings.